The lowest BCUT2D eigenvalue weighted by molar-refractivity contribution is 0.202. The summed E-state index contributed by atoms with van der Waals surface area (Å²) in [5, 5.41) is 4.20. The van der Waals surface area contributed by atoms with Crippen LogP contribution in [0.5, 0.6) is 5.88 Å². The fraction of sp³-hybridized carbons (Fsp3) is 0.688. The van der Waals surface area contributed by atoms with E-state index < -0.39 is 0 Å². The Hall–Kier alpha value is -0.800. The molecule has 2 aliphatic carbocycles. The summed E-state index contributed by atoms with van der Waals surface area (Å²) in [5.41, 5.74) is 1.09. The zero-order chi connectivity index (χ0) is 13.8. The molecule has 4 heteroatoms. The minimum atomic E-state index is 0.686. The van der Waals surface area contributed by atoms with Crippen molar-refractivity contribution in [1.29, 1.82) is 0 Å². The summed E-state index contributed by atoms with van der Waals surface area (Å²) in [6.45, 7) is 1.61. The van der Waals surface area contributed by atoms with Crippen molar-refractivity contribution < 1.29 is 4.74 Å². The van der Waals surface area contributed by atoms with Crippen molar-refractivity contribution >= 4 is 11.6 Å². The Bertz CT molecular complexity index is 442. The Labute approximate surface area is 126 Å². The van der Waals surface area contributed by atoms with Crippen LogP contribution < -0.4 is 10.1 Å². The van der Waals surface area contributed by atoms with Gasteiger partial charge in [0.25, 0.3) is 0 Å². The Kier molecular flexibility index (Phi) is 4.79. The van der Waals surface area contributed by atoms with E-state index in [2.05, 4.69) is 10.3 Å². The van der Waals surface area contributed by atoms with Crippen LogP contribution >= 0.6 is 11.6 Å². The molecule has 3 nitrogen and oxygen atoms in total. The van der Waals surface area contributed by atoms with Crippen LogP contribution in [0.15, 0.2) is 12.3 Å². The molecule has 0 spiro atoms. The molecule has 0 atom stereocenters. The molecule has 1 N–H and O–H groups in total. The maximum absolute atomic E-state index is 6.19. The molecule has 0 aliphatic heterocycles. The van der Waals surface area contributed by atoms with Gasteiger partial charge in [-0.25, -0.2) is 4.98 Å². The zero-order valence-corrected chi connectivity index (χ0v) is 12.7. The molecule has 0 amide bonds. The minimum absolute atomic E-state index is 0.686. The number of hydrogen-bond donors (Lipinski definition) is 1. The predicted molar refractivity (Wildman–Crippen MR) is 81.2 cm³/mol. The predicted octanol–water partition coefficient (Wildman–Crippen LogP) is 3.95. The van der Waals surface area contributed by atoms with Gasteiger partial charge in [-0.3, -0.25) is 0 Å². The van der Waals surface area contributed by atoms with E-state index in [-0.39, 0.29) is 0 Å². The van der Waals surface area contributed by atoms with Crippen molar-refractivity contribution in [3.63, 3.8) is 0 Å². The molecule has 0 unspecified atom stereocenters. The summed E-state index contributed by atoms with van der Waals surface area (Å²) in [7, 11) is 0. The van der Waals surface area contributed by atoms with E-state index in [9.17, 15) is 0 Å². The summed E-state index contributed by atoms with van der Waals surface area (Å²) in [5.74, 6) is 1.42. The first-order chi connectivity index (χ1) is 9.81. The zero-order valence-electron chi connectivity index (χ0n) is 11.9. The molecule has 1 aromatic rings. The summed E-state index contributed by atoms with van der Waals surface area (Å²) in [4.78, 5) is 4.28. The molecule has 1 heterocycles. The van der Waals surface area contributed by atoms with Crippen LogP contribution in [-0.4, -0.2) is 17.6 Å². The first kappa shape index (κ1) is 14.2. The van der Waals surface area contributed by atoms with E-state index in [0.717, 1.165) is 23.7 Å². The third kappa shape index (κ3) is 4.10. The van der Waals surface area contributed by atoms with Crippen LogP contribution in [0.25, 0.3) is 0 Å². The van der Waals surface area contributed by atoms with Crippen molar-refractivity contribution in [2.75, 3.05) is 6.61 Å². The number of halogens is 1. The van der Waals surface area contributed by atoms with Crippen LogP contribution in [0.1, 0.15) is 50.5 Å². The van der Waals surface area contributed by atoms with Crippen molar-refractivity contribution in [2.45, 2.75) is 57.5 Å². The molecule has 2 aliphatic rings. The molecule has 20 heavy (non-hydrogen) atoms. The molecule has 2 fully saturated rings. The number of ether oxygens (including phenoxy) is 1. The first-order valence-electron chi connectivity index (χ1n) is 7.82. The van der Waals surface area contributed by atoms with E-state index in [4.69, 9.17) is 16.3 Å². The molecule has 2 saturated carbocycles. The topological polar surface area (TPSA) is 34.1 Å². The quantitative estimate of drug-likeness (QED) is 0.863. The van der Waals surface area contributed by atoms with E-state index >= 15 is 0 Å². The van der Waals surface area contributed by atoms with E-state index in [0.29, 0.717) is 17.8 Å². The van der Waals surface area contributed by atoms with Gasteiger partial charge in [0, 0.05) is 24.8 Å². The van der Waals surface area contributed by atoms with Crippen LogP contribution in [0.3, 0.4) is 0 Å². The maximum atomic E-state index is 6.19. The lowest BCUT2D eigenvalue weighted by Crippen LogP contribution is -2.17. The third-order valence-corrected chi connectivity index (χ3v) is 4.60. The lowest BCUT2D eigenvalue weighted by atomic mass is 9.90. The highest BCUT2D eigenvalue weighted by Crippen LogP contribution is 2.26. The second kappa shape index (κ2) is 6.77. The van der Waals surface area contributed by atoms with E-state index in [1.165, 1.54) is 44.9 Å². The fourth-order valence-electron chi connectivity index (χ4n) is 2.77. The highest BCUT2D eigenvalue weighted by Gasteiger charge is 2.20. The van der Waals surface area contributed by atoms with Crippen molar-refractivity contribution in [3.8, 4) is 5.88 Å². The van der Waals surface area contributed by atoms with Crippen molar-refractivity contribution in [2.24, 2.45) is 5.92 Å². The fourth-order valence-corrected chi connectivity index (χ4v) is 2.94. The minimum Gasteiger partial charge on any atom is -0.477 e. The second-order valence-electron chi connectivity index (χ2n) is 6.08. The number of rotatable bonds is 6. The average Bonchev–Trinajstić information content (AvgIpc) is 3.30. The van der Waals surface area contributed by atoms with Gasteiger partial charge in [-0.05, 0) is 37.2 Å². The summed E-state index contributed by atoms with van der Waals surface area (Å²) in [6, 6.07) is 2.67. The van der Waals surface area contributed by atoms with Crippen LogP contribution in [0.2, 0.25) is 5.02 Å². The molecule has 110 valence electrons. The van der Waals surface area contributed by atoms with Gasteiger partial charge in [0.2, 0.25) is 5.88 Å². The van der Waals surface area contributed by atoms with Gasteiger partial charge in [-0.2, -0.15) is 0 Å². The van der Waals surface area contributed by atoms with Gasteiger partial charge in [-0.1, -0.05) is 30.9 Å². The number of nitrogens with one attached hydrogen (secondary N) is 1. The van der Waals surface area contributed by atoms with Gasteiger partial charge in [0.1, 0.15) is 0 Å². The van der Waals surface area contributed by atoms with Gasteiger partial charge >= 0.3 is 0 Å². The van der Waals surface area contributed by atoms with Gasteiger partial charge in [0.05, 0.1) is 11.6 Å². The molecule has 0 saturated heterocycles. The second-order valence-corrected chi connectivity index (χ2v) is 6.49. The highest BCUT2D eigenvalue weighted by atomic mass is 35.5. The van der Waals surface area contributed by atoms with Crippen molar-refractivity contribution in [3.05, 3.63) is 22.8 Å². The van der Waals surface area contributed by atoms with E-state index in [1.54, 1.807) is 6.20 Å². The monoisotopic (exact) mass is 294 g/mol. The molecular weight excluding hydrogens is 272 g/mol. The number of pyridine rings is 1. The first-order valence-corrected chi connectivity index (χ1v) is 8.19. The maximum Gasteiger partial charge on any atom is 0.213 e. The Balaban J connectivity index is 1.53. The van der Waals surface area contributed by atoms with Crippen LogP contribution in [0.4, 0.5) is 0 Å². The SMILES string of the molecule is Clc1cnc(OCC2CCCCC2)cc1CNC1CC1. The van der Waals surface area contributed by atoms with E-state index in [1.807, 2.05) is 6.07 Å². The third-order valence-electron chi connectivity index (χ3n) is 4.26. The number of hydrogen-bond acceptors (Lipinski definition) is 3. The Morgan fingerprint density at radius 1 is 1.20 bits per heavy atom. The Morgan fingerprint density at radius 2 is 2.00 bits per heavy atom. The van der Waals surface area contributed by atoms with Gasteiger partial charge in [-0.15, -0.1) is 0 Å². The van der Waals surface area contributed by atoms with Crippen LogP contribution in [0, 0.1) is 5.92 Å². The summed E-state index contributed by atoms with van der Waals surface area (Å²) >= 11 is 6.19. The normalized spacial score (nSPS) is 20.1. The molecule has 0 radical (unpaired) electrons. The molecule has 1 aromatic heterocycles. The Morgan fingerprint density at radius 3 is 2.75 bits per heavy atom. The molecule has 0 bridgehead atoms. The standard InChI is InChI=1S/C16H23ClN2O/c17-15-10-19-16(8-13(15)9-18-14-6-7-14)20-11-12-4-2-1-3-5-12/h8,10,12,14,18H,1-7,9,11H2. The lowest BCUT2D eigenvalue weighted by Gasteiger charge is -2.21. The largest absolute Gasteiger partial charge is 0.477 e. The van der Waals surface area contributed by atoms with Gasteiger partial charge < -0.3 is 10.1 Å². The highest BCUT2D eigenvalue weighted by molar-refractivity contribution is 6.31. The number of nitrogens with zero attached hydrogens (tertiary/aromatic N) is 1. The smallest absolute Gasteiger partial charge is 0.213 e. The molecule has 0 aromatic carbocycles. The van der Waals surface area contributed by atoms with Crippen molar-refractivity contribution in [1.82, 2.24) is 10.3 Å². The summed E-state index contributed by atoms with van der Waals surface area (Å²) < 4.78 is 5.87. The van der Waals surface area contributed by atoms with Crippen LogP contribution in [-0.2, 0) is 6.54 Å². The van der Waals surface area contributed by atoms with Gasteiger partial charge in [0.15, 0.2) is 0 Å². The average molecular weight is 295 g/mol. The molecule has 3 rings (SSSR count). The summed E-state index contributed by atoms with van der Waals surface area (Å²) in [6.07, 6.45) is 10.9. The number of aromatic nitrogens is 1. The molecular formula is C16H23ClN2O.